The maximum absolute atomic E-state index is 11.4. The zero-order valence-electron chi connectivity index (χ0n) is 8.07. The molecular formula is C9H11N3O2. The van der Waals surface area contributed by atoms with Crippen LogP contribution < -0.4 is 11.2 Å². The lowest BCUT2D eigenvalue weighted by Crippen LogP contribution is -2.33. The van der Waals surface area contributed by atoms with Crippen molar-refractivity contribution in [2.45, 2.75) is 26.3 Å². The standard InChI is InChI=1S/C9H11N3O2/c1-3-6(2)12-7(5-10)4-8(13)11-9(12)14/h4,6H,3H2,1-2H3,(H,11,13,14). The second kappa shape index (κ2) is 3.92. The molecule has 1 aromatic rings. The van der Waals surface area contributed by atoms with Crippen molar-refractivity contribution in [2.75, 3.05) is 0 Å². The topological polar surface area (TPSA) is 78.7 Å². The molecule has 0 radical (unpaired) electrons. The van der Waals surface area contributed by atoms with Crippen molar-refractivity contribution in [1.82, 2.24) is 9.55 Å². The van der Waals surface area contributed by atoms with E-state index < -0.39 is 11.2 Å². The Morgan fingerprint density at radius 1 is 1.64 bits per heavy atom. The molecule has 0 saturated carbocycles. The van der Waals surface area contributed by atoms with E-state index in [1.165, 1.54) is 4.57 Å². The highest BCUT2D eigenvalue weighted by atomic mass is 16.2. The van der Waals surface area contributed by atoms with E-state index in [1.54, 1.807) is 0 Å². The summed E-state index contributed by atoms with van der Waals surface area (Å²) >= 11 is 0. The first kappa shape index (κ1) is 10.3. The Labute approximate surface area is 80.6 Å². The Morgan fingerprint density at radius 3 is 2.79 bits per heavy atom. The van der Waals surface area contributed by atoms with Crippen molar-refractivity contribution in [3.8, 4) is 6.07 Å². The fourth-order valence-electron chi connectivity index (χ4n) is 1.21. The predicted molar refractivity (Wildman–Crippen MR) is 51.0 cm³/mol. The summed E-state index contributed by atoms with van der Waals surface area (Å²) in [4.78, 5) is 24.4. The highest BCUT2D eigenvalue weighted by molar-refractivity contribution is 5.19. The monoisotopic (exact) mass is 193 g/mol. The van der Waals surface area contributed by atoms with E-state index in [1.807, 2.05) is 19.9 Å². The van der Waals surface area contributed by atoms with Gasteiger partial charge < -0.3 is 0 Å². The van der Waals surface area contributed by atoms with Crippen LogP contribution in [-0.4, -0.2) is 9.55 Å². The van der Waals surface area contributed by atoms with Crippen molar-refractivity contribution in [2.24, 2.45) is 0 Å². The van der Waals surface area contributed by atoms with E-state index in [2.05, 4.69) is 4.98 Å². The van der Waals surface area contributed by atoms with Crippen LogP contribution in [-0.2, 0) is 0 Å². The van der Waals surface area contributed by atoms with Crippen LogP contribution in [0.2, 0.25) is 0 Å². The van der Waals surface area contributed by atoms with Gasteiger partial charge in [0.15, 0.2) is 0 Å². The summed E-state index contributed by atoms with van der Waals surface area (Å²) in [6.45, 7) is 3.73. The molecule has 74 valence electrons. The van der Waals surface area contributed by atoms with Gasteiger partial charge >= 0.3 is 5.69 Å². The Kier molecular flexibility index (Phi) is 2.87. The minimum absolute atomic E-state index is 0.0889. The fourth-order valence-corrected chi connectivity index (χ4v) is 1.21. The summed E-state index contributed by atoms with van der Waals surface area (Å²) in [5, 5.41) is 8.75. The molecule has 1 N–H and O–H groups in total. The minimum Gasteiger partial charge on any atom is -0.282 e. The number of hydrogen-bond donors (Lipinski definition) is 1. The maximum atomic E-state index is 11.4. The number of aromatic amines is 1. The summed E-state index contributed by atoms with van der Waals surface area (Å²) in [6, 6.07) is 2.88. The van der Waals surface area contributed by atoms with E-state index in [0.29, 0.717) is 0 Å². The van der Waals surface area contributed by atoms with Gasteiger partial charge in [0.1, 0.15) is 11.8 Å². The lowest BCUT2D eigenvalue weighted by molar-refractivity contribution is 0.497. The van der Waals surface area contributed by atoms with Crippen LogP contribution in [0.1, 0.15) is 32.0 Å². The van der Waals surface area contributed by atoms with E-state index in [9.17, 15) is 9.59 Å². The highest BCUT2D eigenvalue weighted by Gasteiger charge is 2.10. The van der Waals surface area contributed by atoms with E-state index >= 15 is 0 Å². The number of rotatable bonds is 2. The van der Waals surface area contributed by atoms with Crippen molar-refractivity contribution in [3.63, 3.8) is 0 Å². The summed E-state index contributed by atoms with van der Waals surface area (Å²) in [5.41, 5.74) is -0.956. The molecule has 5 nitrogen and oxygen atoms in total. The maximum Gasteiger partial charge on any atom is 0.329 e. The Morgan fingerprint density at radius 2 is 2.29 bits per heavy atom. The third-order valence-corrected chi connectivity index (χ3v) is 2.12. The molecule has 0 spiro atoms. The molecule has 1 unspecified atom stereocenters. The van der Waals surface area contributed by atoms with Gasteiger partial charge in [-0.3, -0.25) is 14.3 Å². The zero-order chi connectivity index (χ0) is 10.7. The van der Waals surface area contributed by atoms with Gasteiger partial charge in [-0.05, 0) is 13.3 Å². The van der Waals surface area contributed by atoms with Crippen LogP contribution in [0.5, 0.6) is 0 Å². The molecule has 1 heterocycles. The molecule has 0 aliphatic carbocycles. The van der Waals surface area contributed by atoms with E-state index in [-0.39, 0.29) is 11.7 Å². The molecule has 5 heteroatoms. The van der Waals surface area contributed by atoms with Gasteiger partial charge in [0.05, 0.1) is 0 Å². The smallest absolute Gasteiger partial charge is 0.282 e. The summed E-state index contributed by atoms with van der Waals surface area (Å²) in [7, 11) is 0. The van der Waals surface area contributed by atoms with Crippen molar-refractivity contribution >= 4 is 0 Å². The molecule has 0 amide bonds. The minimum atomic E-state index is -0.536. The van der Waals surface area contributed by atoms with Crippen molar-refractivity contribution < 1.29 is 0 Å². The first-order valence-electron chi connectivity index (χ1n) is 4.36. The van der Waals surface area contributed by atoms with Gasteiger partial charge in [-0.25, -0.2) is 4.79 Å². The molecule has 0 saturated heterocycles. The van der Waals surface area contributed by atoms with E-state index in [4.69, 9.17) is 5.26 Å². The lowest BCUT2D eigenvalue weighted by Gasteiger charge is -2.13. The van der Waals surface area contributed by atoms with Gasteiger partial charge in [0.25, 0.3) is 5.56 Å². The lowest BCUT2D eigenvalue weighted by atomic mass is 10.2. The van der Waals surface area contributed by atoms with Gasteiger partial charge in [-0.2, -0.15) is 5.26 Å². The molecule has 1 rings (SSSR count). The number of aromatic nitrogens is 2. The molecule has 0 aliphatic heterocycles. The van der Waals surface area contributed by atoms with Gasteiger partial charge in [-0.1, -0.05) is 6.92 Å². The van der Waals surface area contributed by atoms with Gasteiger partial charge in [0.2, 0.25) is 0 Å². The van der Waals surface area contributed by atoms with E-state index in [0.717, 1.165) is 12.5 Å². The van der Waals surface area contributed by atoms with Crippen LogP contribution in [0.3, 0.4) is 0 Å². The van der Waals surface area contributed by atoms with Crippen molar-refractivity contribution in [3.05, 3.63) is 32.6 Å². The second-order valence-electron chi connectivity index (χ2n) is 3.06. The number of H-pyrrole nitrogens is 1. The molecule has 0 fully saturated rings. The van der Waals surface area contributed by atoms with Crippen LogP contribution in [0.4, 0.5) is 0 Å². The molecule has 1 aromatic heterocycles. The van der Waals surface area contributed by atoms with Crippen LogP contribution in [0.15, 0.2) is 15.7 Å². The summed E-state index contributed by atoms with van der Waals surface area (Å²) in [5.74, 6) is 0. The van der Waals surface area contributed by atoms with Crippen LogP contribution in [0, 0.1) is 11.3 Å². The van der Waals surface area contributed by atoms with Crippen LogP contribution >= 0.6 is 0 Å². The molecule has 0 aromatic carbocycles. The average Bonchev–Trinajstić information content (AvgIpc) is 2.15. The zero-order valence-corrected chi connectivity index (χ0v) is 8.07. The van der Waals surface area contributed by atoms with Gasteiger partial charge in [0, 0.05) is 12.1 Å². The number of nitrogens with zero attached hydrogens (tertiary/aromatic N) is 2. The molecule has 0 aliphatic rings. The summed E-state index contributed by atoms with van der Waals surface area (Å²) < 4.78 is 1.29. The summed E-state index contributed by atoms with van der Waals surface area (Å²) in [6.07, 6.45) is 0.723. The molecule has 1 atom stereocenters. The first-order valence-corrected chi connectivity index (χ1v) is 4.36. The molecule has 14 heavy (non-hydrogen) atoms. The molecule has 0 bridgehead atoms. The Hall–Kier alpha value is -1.83. The largest absolute Gasteiger partial charge is 0.329 e. The fraction of sp³-hybridized carbons (Fsp3) is 0.444. The number of hydrogen-bond acceptors (Lipinski definition) is 3. The number of nitrogens with one attached hydrogen (secondary N) is 1. The SMILES string of the molecule is CCC(C)n1c(C#N)cc(=O)[nH]c1=O. The third-order valence-electron chi connectivity index (χ3n) is 2.12. The average molecular weight is 193 g/mol. The second-order valence-corrected chi connectivity index (χ2v) is 3.06. The Bertz CT molecular complexity index is 478. The number of nitriles is 1. The molecular weight excluding hydrogens is 182 g/mol. The third kappa shape index (κ3) is 1.74. The Balaban J connectivity index is 3.50. The first-order chi connectivity index (χ1) is 6.60. The predicted octanol–water partition coefficient (Wildman–Crippen LogP) is 0.379. The quantitative estimate of drug-likeness (QED) is 0.737. The normalized spacial score (nSPS) is 12.1. The van der Waals surface area contributed by atoms with Gasteiger partial charge in [-0.15, -0.1) is 0 Å². The van der Waals surface area contributed by atoms with Crippen LogP contribution in [0.25, 0.3) is 0 Å². The highest BCUT2D eigenvalue weighted by Crippen LogP contribution is 2.07. The van der Waals surface area contributed by atoms with Crippen molar-refractivity contribution in [1.29, 1.82) is 5.26 Å².